The fourth-order valence-electron chi connectivity index (χ4n) is 19.3. The second-order valence-electron chi connectivity index (χ2n) is 33.5. The van der Waals surface area contributed by atoms with E-state index in [-0.39, 0.29) is 81.2 Å². The Morgan fingerprint density at radius 2 is 0.983 bits per heavy atom. The van der Waals surface area contributed by atoms with Crippen molar-refractivity contribution in [2.24, 2.45) is 5.73 Å². The van der Waals surface area contributed by atoms with E-state index in [1.54, 1.807) is 54.8 Å². The first kappa shape index (κ1) is 83.5. The number of ether oxygens (including phenoxy) is 10. The number of phenolic OH excluding ortho intramolecular Hbond substituents is 2. The molecule has 0 aliphatic carbocycles. The minimum Gasteiger partial charge on any atom is -0.504 e. The molecule has 8 aromatic rings. The van der Waals surface area contributed by atoms with E-state index in [9.17, 15) is 54.6 Å². The van der Waals surface area contributed by atoms with Crippen LogP contribution in [0.3, 0.4) is 0 Å². The second-order valence-corrected chi connectivity index (χ2v) is 33.5. The van der Waals surface area contributed by atoms with E-state index in [1.165, 1.54) is 21.0 Å². The number of benzene rings is 6. The van der Waals surface area contributed by atoms with Gasteiger partial charge in [0, 0.05) is 143 Å². The molecule has 2 saturated heterocycles. The molecule has 628 valence electrons. The first-order valence-corrected chi connectivity index (χ1v) is 39.7. The number of aryl methyl sites for hydroxylation is 2. The normalized spacial score (nSPS) is 22.1. The standard InChI is InChI=1S/C44H50N6O9.C28H32N4O6.C16H20N2O4/c1-21-13-24-15-30-32(17-45)50-31(36(49(30)7)34(24)37(52)38(21)55-8)16-27-35(41-40(56-20-57-41)22(2)39(27)58-23(3)51)33(50)19-47-42(53)29(48-43(54)59-44(4,5)6)14-25-18-46-28-12-10-9-11-26(25)28;1-12-6-15-7-17-19(9-29)32-18(23(31(17)4)21(15)24(34)25(12)35-5)8-16-22(20(32)10-30)28-27(36-11-37-28)13(2)26(16)38-14(3)33;1-16(2,3)22-15(21)18-13(14(19)20)8-10-9-17-12-7-5-4-6-11(10)12/h9-13,18,29-33,36,46,52H,14-16,19-20H2,1-8H3,(H,47,53)(H,48,54);6,17-20,23,34H,7-8,10-11,30H2,1-5H3;4-7,9,13,17H,8H2,1-3H3,(H,18,21)(H,19,20)/t29-,30-,31?,32-,33-,36-;17-,18?,19-,20-,23-;13-/m000/s1. The predicted molar refractivity (Wildman–Crippen MR) is 435 cm³/mol. The summed E-state index contributed by atoms with van der Waals surface area (Å²) >= 11 is 0. The molecule has 12 atom stereocenters. The fourth-order valence-corrected chi connectivity index (χ4v) is 19.3. The fraction of sp³-hybridized carbons (Fsp3) is 0.455. The van der Waals surface area contributed by atoms with Crippen molar-refractivity contribution in [1.29, 1.82) is 10.5 Å². The molecule has 0 radical (unpaired) electrons. The van der Waals surface area contributed by atoms with Gasteiger partial charge >= 0.3 is 30.1 Å². The van der Waals surface area contributed by atoms with Crippen molar-refractivity contribution in [2.45, 2.75) is 205 Å². The highest BCUT2D eigenvalue weighted by atomic mass is 16.7. The molecule has 8 aliphatic rings. The molecule has 119 heavy (non-hydrogen) atoms. The zero-order chi connectivity index (χ0) is 85.4. The van der Waals surface area contributed by atoms with Crippen molar-refractivity contribution in [1.82, 2.24) is 45.5 Å². The number of nitrogens with one attached hydrogen (secondary N) is 5. The number of aromatic nitrogens is 2. The lowest BCUT2D eigenvalue weighted by Crippen LogP contribution is -2.69. The van der Waals surface area contributed by atoms with Crippen LogP contribution in [0.5, 0.6) is 57.5 Å². The number of carboxylic acids is 1. The summed E-state index contributed by atoms with van der Waals surface area (Å²) in [6.07, 6.45) is 4.29. The number of carbonyl (C=O) groups excluding carboxylic acids is 5. The Morgan fingerprint density at radius 1 is 0.580 bits per heavy atom. The number of alkyl carbamates (subject to hydrolysis) is 2. The van der Waals surface area contributed by atoms with Crippen LogP contribution >= 0.6 is 0 Å². The maximum Gasteiger partial charge on any atom is 0.408 e. The molecule has 4 bridgehead atoms. The lowest BCUT2D eigenvalue weighted by Gasteiger charge is -2.60. The summed E-state index contributed by atoms with van der Waals surface area (Å²) in [5.41, 5.74) is 17.8. The van der Waals surface area contributed by atoms with Gasteiger partial charge in [-0.1, -0.05) is 48.5 Å². The van der Waals surface area contributed by atoms with Crippen molar-refractivity contribution >= 4 is 57.8 Å². The van der Waals surface area contributed by atoms with E-state index in [0.29, 0.717) is 99.5 Å². The Bertz CT molecular complexity index is 5480. The third-order valence-electron chi connectivity index (χ3n) is 23.9. The molecule has 31 nitrogen and oxygen atoms in total. The molecular weight excluding hydrogens is 1530 g/mol. The number of nitrogens with two attached hydrogens (primary N) is 1. The average Bonchev–Trinajstić information content (AvgIpc) is 0.993. The minimum absolute atomic E-state index is 0.0293. The largest absolute Gasteiger partial charge is 0.504 e. The molecule has 2 aromatic heterocycles. The Hall–Kier alpha value is -12.0. The molecule has 31 heteroatoms. The summed E-state index contributed by atoms with van der Waals surface area (Å²) in [4.78, 5) is 90.9. The molecule has 3 amide bonds. The van der Waals surface area contributed by atoms with Crippen molar-refractivity contribution in [2.75, 3.05) is 55.0 Å². The molecule has 10 N–H and O–H groups in total. The van der Waals surface area contributed by atoms with E-state index in [0.717, 1.165) is 71.9 Å². The maximum atomic E-state index is 14.6. The molecule has 2 unspecified atom stereocenters. The van der Waals surface area contributed by atoms with Crippen LogP contribution in [0.2, 0.25) is 0 Å². The molecule has 0 spiro atoms. The number of rotatable bonds is 15. The van der Waals surface area contributed by atoms with E-state index in [4.69, 9.17) is 53.1 Å². The number of aliphatic carboxylic acids is 1. The molecule has 8 aliphatic heterocycles. The number of nitrogens with zero attached hydrogens (tertiary/aromatic N) is 6. The number of amides is 3. The van der Waals surface area contributed by atoms with Crippen LogP contribution in [0.4, 0.5) is 9.59 Å². The SMILES string of the molecule is CC(C)(C)OC(=O)N[C@@H](Cc1c[nH]c2ccccc12)C(=O)O.COc1c(C)cc2c(c1O)[C@@H]1C3Cc4c(OC(C)=O)c(C)c5c(c4[C@H](CN)N3[C@@H](C#N)[C@H](C2)N1C)OCO5.COc1c(C)cc2c(c1O)[C@@H]1C3Cc4c(OC(C)=O)c(C)c5c(c4[C@H](CNC(=O)[C@H](Cc4c[nH]c6ccccc46)NC(=O)OC(C)(C)C)N3[C@@H](C#N)[C@H](C2)N1C)OCO5. The number of para-hydroxylation sites is 2. The van der Waals surface area contributed by atoms with Crippen LogP contribution in [0.15, 0.2) is 73.1 Å². The quantitative estimate of drug-likeness (QED) is 0.0340. The molecule has 16 rings (SSSR count). The van der Waals surface area contributed by atoms with Crippen LogP contribution in [0, 0.1) is 50.4 Å². The number of methoxy groups -OCH3 is 2. The first-order chi connectivity index (χ1) is 56.6. The number of phenols is 2. The third kappa shape index (κ3) is 15.4. The number of aromatic amines is 2. The van der Waals surface area contributed by atoms with Crippen molar-refractivity contribution in [3.05, 3.63) is 151 Å². The lowest BCUT2D eigenvalue weighted by atomic mass is 9.71. The van der Waals surface area contributed by atoms with Crippen molar-refractivity contribution in [3.8, 4) is 69.6 Å². The summed E-state index contributed by atoms with van der Waals surface area (Å²) in [5.74, 6) is 1.28. The number of H-pyrrole nitrogens is 2. The van der Waals surface area contributed by atoms with Gasteiger partial charge in [0.25, 0.3) is 0 Å². The van der Waals surface area contributed by atoms with Gasteiger partial charge in [-0.15, -0.1) is 0 Å². The highest BCUT2D eigenvalue weighted by Gasteiger charge is 2.59. The zero-order valence-corrected chi connectivity index (χ0v) is 69.6. The van der Waals surface area contributed by atoms with Gasteiger partial charge in [-0.3, -0.25) is 34.0 Å². The van der Waals surface area contributed by atoms with E-state index in [2.05, 4.69) is 63.7 Å². The number of hydrogen-bond acceptors (Lipinski definition) is 25. The van der Waals surface area contributed by atoms with Gasteiger partial charge in [0.1, 0.15) is 46.9 Å². The predicted octanol–water partition coefficient (Wildman–Crippen LogP) is 10.3. The Morgan fingerprint density at radius 3 is 1.39 bits per heavy atom. The molecule has 6 aromatic carbocycles. The van der Waals surface area contributed by atoms with Crippen LogP contribution < -0.4 is 59.6 Å². The number of likely N-dealkylation sites (N-methyl/N-ethyl adjacent to an activating group) is 2. The highest BCUT2D eigenvalue weighted by molar-refractivity contribution is 5.89. The van der Waals surface area contributed by atoms with Crippen LogP contribution in [-0.2, 0) is 67.2 Å². The lowest BCUT2D eigenvalue weighted by molar-refractivity contribution is -0.139. The summed E-state index contributed by atoms with van der Waals surface area (Å²) in [6, 6.07) is 18.5. The van der Waals surface area contributed by atoms with Gasteiger partial charge in [0.15, 0.2) is 46.0 Å². The number of aromatic hydroxyl groups is 2. The van der Waals surface area contributed by atoms with Crippen molar-refractivity contribution in [3.63, 3.8) is 0 Å². The monoisotopic (exact) mass is 1630 g/mol. The summed E-state index contributed by atoms with van der Waals surface area (Å²) in [5, 5.41) is 64.5. The number of carbonyl (C=O) groups is 6. The van der Waals surface area contributed by atoms with Gasteiger partial charge in [-0.25, -0.2) is 14.4 Å². The second kappa shape index (κ2) is 32.7. The Balaban J connectivity index is 0.000000164. The molecule has 10 heterocycles. The number of esters is 2. The topological polar surface area (TPSA) is 410 Å². The number of piperazine rings is 2. The summed E-state index contributed by atoms with van der Waals surface area (Å²) < 4.78 is 57.7. The summed E-state index contributed by atoms with van der Waals surface area (Å²) in [7, 11) is 7.06. The van der Waals surface area contributed by atoms with E-state index < -0.39 is 89.5 Å². The zero-order valence-electron chi connectivity index (χ0n) is 69.6. The van der Waals surface area contributed by atoms with Crippen LogP contribution in [0.25, 0.3) is 21.8 Å². The number of hydrogen-bond donors (Lipinski definition) is 9. The smallest absolute Gasteiger partial charge is 0.408 e. The molecule has 2 fully saturated rings. The average molecular weight is 1630 g/mol. The van der Waals surface area contributed by atoms with Crippen LogP contribution in [0.1, 0.15) is 157 Å². The first-order valence-electron chi connectivity index (χ1n) is 39.7. The van der Waals surface area contributed by atoms with Crippen molar-refractivity contribution < 1.29 is 91.5 Å². The number of nitriles is 2. The van der Waals surface area contributed by atoms with Gasteiger partial charge in [0.05, 0.1) is 50.5 Å². The third-order valence-corrected chi connectivity index (χ3v) is 23.9. The Kier molecular flexibility index (Phi) is 23.0. The Labute approximate surface area is 688 Å². The minimum atomic E-state index is -1.10. The van der Waals surface area contributed by atoms with Gasteiger partial charge < -0.3 is 94.3 Å². The van der Waals surface area contributed by atoms with Gasteiger partial charge in [-0.05, 0) is 155 Å². The highest BCUT2D eigenvalue weighted by Crippen LogP contribution is 2.61. The summed E-state index contributed by atoms with van der Waals surface area (Å²) in [6.45, 7) is 20.8. The van der Waals surface area contributed by atoms with Gasteiger partial charge in [0.2, 0.25) is 19.5 Å². The van der Waals surface area contributed by atoms with Crippen LogP contribution in [-0.4, -0.2) is 195 Å². The molecular formula is C88H102N12O19. The maximum absolute atomic E-state index is 14.6. The van der Waals surface area contributed by atoms with E-state index in [1.807, 2.05) is 103 Å². The van der Waals surface area contributed by atoms with Gasteiger partial charge in [-0.2, -0.15) is 10.5 Å². The molecule has 0 saturated carbocycles. The van der Waals surface area contributed by atoms with E-state index >= 15 is 0 Å². The number of carboxylic acid groups (broad SMARTS) is 1. The number of fused-ring (bicyclic) bond motifs is 20.